The maximum atomic E-state index is 12.8. The van der Waals surface area contributed by atoms with Crippen LogP contribution in [0.2, 0.25) is 5.02 Å². The summed E-state index contributed by atoms with van der Waals surface area (Å²) in [6, 6.07) is 4.37. The second-order valence-corrected chi connectivity index (χ2v) is 8.80. The zero-order valence-corrected chi connectivity index (χ0v) is 20.5. The first kappa shape index (κ1) is 26.0. The molecule has 1 aliphatic rings. The van der Waals surface area contributed by atoms with Gasteiger partial charge in [-0.25, -0.2) is 9.59 Å². The molecule has 0 saturated carbocycles. The molecular formula is C25H37ClN2O4. The zero-order valence-electron chi connectivity index (χ0n) is 19.8. The Morgan fingerprint density at radius 3 is 2.41 bits per heavy atom. The van der Waals surface area contributed by atoms with E-state index in [0.29, 0.717) is 40.6 Å². The highest BCUT2D eigenvalue weighted by Gasteiger charge is 2.33. The van der Waals surface area contributed by atoms with E-state index in [2.05, 4.69) is 17.6 Å². The summed E-state index contributed by atoms with van der Waals surface area (Å²) in [7, 11) is 0. The number of allylic oxidation sites excluding steroid dienone is 1. The Morgan fingerprint density at radius 1 is 1.09 bits per heavy atom. The fourth-order valence-corrected chi connectivity index (χ4v) is 3.96. The molecule has 2 rings (SSSR count). The van der Waals surface area contributed by atoms with Crippen LogP contribution in [-0.4, -0.2) is 24.7 Å². The minimum atomic E-state index is -0.639. The first-order valence-electron chi connectivity index (χ1n) is 11.8. The number of urea groups is 1. The van der Waals surface area contributed by atoms with Gasteiger partial charge in [-0.05, 0) is 44.4 Å². The van der Waals surface area contributed by atoms with Crippen molar-refractivity contribution in [2.45, 2.75) is 91.2 Å². The van der Waals surface area contributed by atoms with Crippen molar-refractivity contribution in [3.05, 3.63) is 40.1 Å². The molecule has 2 N–H and O–H groups in total. The lowest BCUT2D eigenvalue weighted by atomic mass is 9.94. The van der Waals surface area contributed by atoms with Crippen LogP contribution in [0.3, 0.4) is 0 Å². The topological polar surface area (TPSA) is 76.7 Å². The SMILES string of the molecule is CCCCCCCCCOc1ccc(C2NC(=O)NC(CC)=C2C(=O)OC(C)C)cc1Cl. The van der Waals surface area contributed by atoms with Gasteiger partial charge < -0.3 is 20.1 Å². The summed E-state index contributed by atoms with van der Waals surface area (Å²) in [5.41, 5.74) is 1.66. The Kier molecular flexibility index (Phi) is 10.9. The molecule has 0 fully saturated rings. The van der Waals surface area contributed by atoms with Gasteiger partial charge in [0.2, 0.25) is 0 Å². The molecule has 0 aromatic heterocycles. The molecule has 0 spiro atoms. The lowest BCUT2D eigenvalue weighted by Crippen LogP contribution is -2.46. The van der Waals surface area contributed by atoms with E-state index in [1.54, 1.807) is 26.0 Å². The number of amides is 2. The van der Waals surface area contributed by atoms with Crippen LogP contribution in [0.5, 0.6) is 5.75 Å². The number of rotatable bonds is 13. The molecule has 0 aliphatic carbocycles. The molecule has 178 valence electrons. The second kappa shape index (κ2) is 13.4. The van der Waals surface area contributed by atoms with Crippen molar-refractivity contribution in [3.63, 3.8) is 0 Å². The molecule has 1 unspecified atom stereocenters. The molecule has 1 aromatic carbocycles. The van der Waals surface area contributed by atoms with Gasteiger partial charge in [0, 0.05) is 5.70 Å². The minimum Gasteiger partial charge on any atom is -0.492 e. The summed E-state index contributed by atoms with van der Waals surface area (Å²) in [6.07, 6.45) is 8.74. The summed E-state index contributed by atoms with van der Waals surface area (Å²) in [5.74, 6) is 0.150. The van der Waals surface area contributed by atoms with Crippen LogP contribution in [0, 0.1) is 0 Å². The highest BCUT2D eigenvalue weighted by Crippen LogP contribution is 2.34. The number of hydrogen-bond donors (Lipinski definition) is 2. The smallest absolute Gasteiger partial charge is 0.338 e. The molecule has 1 heterocycles. The summed E-state index contributed by atoms with van der Waals surface area (Å²) in [5, 5.41) is 6.00. The van der Waals surface area contributed by atoms with Crippen molar-refractivity contribution in [1.29, 1.82) is 0 Å². The van der Waals surface area contributed by atoms with E-state index in [1.807, 2.05) is 13.0 Å². The number of ether oxygens (including phenoxy) is 2. The van der Waals surface area contributed by atoms with Crippen LogP contribution in [0.1, 0.15) is 90.7 Å². The van der Waals surface area contributed by atoms with E-state index in [1.165, 1.54) is 32.1 Å². The van der Waals surface area contributed by atoms with Gasteiger partial charge in [-0.2, -0.15) is 0 Å². The average molecular weight is 465 g/mol. The molecule has 1 aliphatic heterocycles. The number of carbonyl (C=O) groups is 2. The van der Waals surface area contributed by atoms with Crippen LogP contribution in [0.15, 0.2) is 29.5 Å². The second-order valence-electron chi connectivity index (χ2n) is 8.39. The van der Waals surface area contributed by atoms with Crippen LogP contribution < -0.4 is 15.4 Å². The summed E-state index contributed by atoms with van der Waals surface area (Å²) in [4.78, 5) is 25.0. The molecule has 0 radical (unpaired) electrons. The summed E-state index contributed by atoms with van der Waals surface area (Å²) < 4.78 is 11.3. The third-order valence-electron chi connectivity index (χ3n) is 5.36. The highest BCUT2D eigenvalue weighted by atomic mass is 35.5. The van der Waals surface area contributed by atoms with Crippen LogP contribution in [0.25, 0.3) is 0 Å². The number of esters is 1. The Morgan fingerprint density at radius 2 is 1.78 bits per heavy atom. The fourth-order valence-electron chi connectivity index (χ4n) is 3.72. The Labute approximate surface area is 197 Å². The van der Waals surface area contributed by atoms with E-state index in [0.717, 1.165) is 12.8 Å². The Balaban J connectivity index is 2.06. The van der Waals surface area contributed by atoms with Crippen molar-refractivity contribution in [2.24, 2.45) is 0 Å². The molecule has 2 amide bonds. The van der Waals surface area contributed by atoms with Gasteiger partial charge in [0.15, 0.2) is 0 Å². The van der Waals surface area contributed by atoms with Crippen molar-refractivity contribution < 1.29 is 19.1 Å². The average Bonchev–Trinajstić information content (AvgIpc) is 2.75. The maximum Gasteiger partial charge on any atom is 0.338 e. The van der Waals surface area contributed by atoms with E-state index < -0.39 is 12.0 Å². The molecule has 1 aromatic rings. The number of carbonyl (C=O) groups excluding carboxylic acids is 2. The summed E-state index contributed by atoms with van der Waals surface area (Å²) in [6.45, 7) is 8.31. The van der Waals surface area contributed by atoms with Crippen LogP contribution in [-0.2, 0) is 9.53 Å². The van der Waals surface area contributed by atoms with Crippen LogP contribution in [0.4, 0.5) is 4.79 Å². The van der Waals surface area contributed by atoms with E-state index in [-0.39, 0.29) is 12.1 Å². The van der Waals surface area contributed by atoms with Gasteiger partial charge in [-0.3, -0.25) is 0 Å². The molecular weight excluding hydrogens is 428 g/mol. The zero-order chi connectivity index (χ0) is 23.5. The third kappa shape index (κ3) is 7.73. The lowest BCUT2D eigenvalue weighted by molar-refractivity contribution is -0.143. The van der Waals surface area contributed by atoms with Crippen molar-refractivity contribution in [1.82, 2.24) is 10.6 Å². The number of halogens is 1. The fraction of sp³-hybridized carbons (Fsp3) is 0.600. The number of unbranched alkanes of at least 4 members (excludes halogenated alkanes) is 6. The van der Waals surface area contributed by atoms with E-state index in [4.69, 9.17) is 21.1 Å². The van der Waals surface area contributed by atoms with Crippen molar-refractivity contribution >= 4 is 23.6 Å². The quantitative estimate of drug-likeness (QED) is 0.260. The normalized spacial score (nSPS) is 16.1. The number of nitrogens with one attached hydrogen (secondary N) is 2. The van der Waals surface area contributed by atoms with Gasteiger partial charge in [0.25, 0.3) is 0 Å². The van der Waals surface area contributed by atoms with E-state index in [9.17, 15) is 9.59 Å². The minimum absolute atomic E-state index is 0.266. The predicted octanol–water partition coefficient (Wildman–Crippen LogP) is 6.44. The predicted molar refractivity (Wildman–Crippen MR) is 128 cm³/mol. The lowest BCUT2D eigenvalue weighted by Gasteiger charge is -2.29. The van der Waals surface area contributed by atoms with Crippen LogP contribution >= 0.6 is 11.6 Å². The number of benzene rings is 1. The van der Waals surface area contributed by atoms with E-state index >= 15 is 0 Å². The molecule has 0 saturated heterocycles. The molecule has 6 nitrogen and oxygen atoms in total. The first-order valence-corrected chi connectivity index (χ1v) is 12.2. The number of hydrogen-bond acceptors (Lipinski definition) is 4. The van der Waals surface area contributed by atoms with Crippen molar-refractivity contribution in [3.8, 4) is 5.75 Å². The van der Waals surface area contributed by atoms with Gasteiger partial charge in [-0.15, -0.1) is 0 Å². The maximum absolute atomic E-state index is 12.8. The van der Waals surface area contributed by atoms with Gasteiger partial charge in [0.1, 0.15) is 5.75 Å². The molecule has 0 bridgehead atoms. The molecule has 32 heavy (non-hydrogen) atoms. The monoisotopic (exact) mass is 464 g/mol. The highest BCUT2D eigenvalue weighted by molar-refractivity contribution is 6.32. The largest absolute Gasteiger partial charge is 0.492 e. The molecule has 7 heteroatoms. The standard InChI is InChI=1S/C25H37ClN2O4/c1-5-7-8-9-10-11-12-15-31-21-14-13-18(16-19(21)26)23-22(24(29)32-17(3)4)20(6-2)27-25(30)28-23/h13-14,16-17,23H,5-12,15H2,1-4H3,(H2,27,28,30). The first-order chi connectivity index (χ1) is 15.4. The van der Waals surface area contributed by atoms with Gasteiger partial charge >= 0.3 is 12.0 Å². The Bertz CT molecular complexity index is 807. The van der Waals surface area contributed by atoms with Gasteiger partial charge in [-0.1, -0.05) is 70.0 Å². The Hall–Kier alpha value is -2.21. The van der Waals surface area contributed by atoms with Gasteiger partial charge in [0.05, 0.1) is 29.3 Å². The molecule has 1 atom stereocenters. The van der Waals surface area contributed by atoms with Crippen molar-refractivity contribution in [2.75, 3.05) is 6.61 Å². The summed E-state index contributed by atoms with van der Waals surface area (Å²) >= 11 is 6.48. The third-order valence-corrected chi connectivity index (χ3v) is 5.66.